The van der Waals surface area contributed by atoms with Gasteiger partial charge in [0.25, 0.3) is 0 Å². The maximum atomic E-state index is 6.46. The Balaban J connectivity index is 5.07. The Morgan fingerprint density at radius 2 is 1.00 bits per heavy atom. The van der Waals surface area contributed by atoms with Crippen molar-refractivity contribution in [3.8, 4) is 0 Å². The molecular formula is C16H36O2Si. The molecule has 0 fully saturated rings. The molecule has 0 heterocycles. The van der Waals surface area contributed by atoms with Crippen LogP contribution in [-0.4, -0.2) is 21.8 Å². The van der Waals surface area contributed by atoms with Gasteiger partial charge in [-0.15, -0.1) is 0 Å². The van der Waals surface area contributed by atoms with Crippen molar-refractivity contribution >= 4 is 8.56 Å². The largest absolute Gasteiger partial charge is 0.394 e. The third kappa shape index (κ3) is 5.97. The first-order chi connectivity index (χ1) is 8.80. The first-order valence-electron chi connectivity index (χ1n) is 8.07. The van der Waals surface area contributed by atoms with Gasteiger partial charge in [0.2, 0.25) is 0 Å². The lowest BCUT2D eigenvalue weighted by molar-refractivity contribution is 0.121. The zero-order chi connectivity index (χ0) is 15.1. The molecule has 0 rings (SSSR count). The van der Waals surface area contributed by atoms with Gasteiger partial charge in [-0.25, -0.2) is 0 Å². The Bertz CT molecular complexity index is 205. The van der Waals surface area contributed by atoms with E-state index in [0.717, 1.165) is 26.1 Å². The van der Waals surface area contributed by atoms with Gasteiger partial charge >= 0.3 is 8.56 Å². The van der Waals surface area contributed by atoms with Crippen LogP contribution in [0.2, 0.25) is 11.1 Å². The molecule has 2 unspecified atom stereocenters. The molecule has 0 aromatic heterocycles. The first kappa shape index (κ1) is 19.1. The van der Waals surface area contributed by atoms with Gasteiger partial charge < -0.3 is 8.85 Å². The molecule has 0 saturated carbocycles. The third-order valence-corrected chi connectivity index (χ3v) is 8.68. The predicted octanol–water partition coefficient (Wildman–Crippen LogP) is 5.37. The van der Waals surface area contributed by atoms with E-state index in [1.54, 1.807) is 0 Å². The van der Waals surface area contributed by atoms with E-state index in [1.165, 1.54) is 0 Å². The molecule has 0 aliphatic rings. The smallest absolute Gasteiger partial charge is 0.344 e. The standard InChI is InChI=1S/C16H36O2Si/c1-9-15(7)19(16(8)10-2,17-11-13(3)4)18-12-14(5)6/h13-16H,9-12H2,1-8H3. The average Bonchev–Trinajstić information content (AvgIpc) is 2.37. The summed E-state index contributed by atoms with van der Waals surface area (Å²) in [5.74, 6) is 1.14. The molecule has 0 aromatic carbocycles. The summed E-state index contributed by atoms with van der Waals surface area (Å²) in [7, 11) is -2.13. The van der Waals surface area contributed by atoms with Gasteiger partial charge in [0.15, 0.2) is 0 Å². The Labute approximate surface area is 122 Å². The second kappa shape index (κ2) is 9.14. The minimum absolute atomic E-state index is 0.556. The highest BCUT2D eigenvalue weighted by Crippen LogP contribution is 2.39. The molecule has 0 saturated heterocycles. The lowest BCUT2D eigenvalue weighted by Crippen LogP contribution is -2.50. The van der Waals surface area contributed by atoms with Crippen LogP contribution in [0, 0.1) is 11.8 Å². The SMILES string of the molecule is CCC(C)[Si](OCC(C)C)(OCC(C)C)C(C)CC. The van der Waals surface area contributed by atoms with Crippen LogP contribution in [-0.2, 0) is 8.85 Å². The van der Waals surface area contributed by atoms with Crippen LogP contribution in [0.5, 0.6) is 0 Å². The van der Waals surface area contributed by atoms with Gasteiger partial charge in [-0.1, -0.05) is 68.2 Å². The van der Waals surface area contributed by atoms with Crippen molar-refractivity contribution in [3.05, 3.63) is 0 Å². The molecule has 116 valence electrons. The van der Waals surface area contributed by atoms with E-state index in [2.05, 4.69) is 55.4 Å². The second-order valence-corrected chi connectivity index (χ2v) is 10.7. The molecule has 0 aliphatic heterocycles. The van der Waals surface area contributed by atoms with Gasteiger partial charge in [-0.2, -0.15) is 0 Å². The number of hydrogen-bond donors (Lipinski definition) is 0. The van der Waals surface area contributed by atoms with Gasteiger partial charge in [-0.05, 0) is 22.9 Å². The highest BCUT2D eigenvalue weighted by molar-refractivity contribution is 6.70. The summed E-state index contributed by atoms with van der Waals surface area (Å²) in [5, 5.41) is 0. The van der Waals surface area contributed by atoms with Crippen molar-refractivity contribution in [2.75, 3.05) is 13.2 Å². The predicted molar refractivity (Wildman–Crippen MR) is 86.8 cm³/mol. The quantitative estimate of drug-likeness (QED) is 0.503. The lowest BCUT2D eigenvalue weighted by atomic mass is 10.2. The van der Waals surface area contributed by atoms with E-state index in [9.17, 15) is 0 Å². The summed E-state index contributed by atoms with van der Waals surface area (Å²) in [6.45, 7) is 19.7. The summed E-state index contributed by atoms with van der Waals surface area (Å²) in [6, 6.07) is 0. The Kier molecular flexibility index (Phi) is 9.21. The molecule has 0 aliphatic carbocycles. The summed E-state index contributed by atoms with van der Waals surface area (Å²) in [6.07, 6.45) is 2.29. The molecule has 0 aromatic rings. The van der Waals surface area contributed by atoms with Crippen LogP contribution in [0.3, 0.4) is 0 Å². The maximum absolute atomic E-state index is 6.46. The third-order valence-electron chi connectivity index (χ3n) is 3.88. The van der Waals surface area contributed by atoms with Crippen molar-refractivity contribution in [3.63, 3.8) is 0 Å². The molecule has 3 heteroatoms. The highest BCUT2D eigenvalue weighted by atomic mass is 28.4. The zero-order valence-electron chi connectivity index (χ0n) is 14.5. The topological polar surface area (TPSA) is 18.5 Å². The molecular weight excluding hydrogens is 252 g/mol. The lowest BCUT2D eigenvalue weighted by Gasteiger charge is -2.40. The van der Waals surface area contributed by atoms with Gasteiger partial charge in [-0.3, -0.25) is 0 Å². The fourth-order valence-electron chi connectivity index (χ4n) is 2.26. The van der Waals surface area contributed by atoms with Gasteiger partial charge in [0.05, 0.1) is 0 Å². The van der Waals surface area contributed by atoms with Crippen molar-refractivity contribution in [2.24, 2.45) is 11.8 Å². The van der Waals surface area contributed by atoms with Crippen molar-refractivity contribution < 1.29 is 8.85 Å². The van der Waals surface area contributed by atoms with E-state index >= 15 is 0 Å². The van der Waals surface area contributed by atoms with Crippen LogP contribution in [0.25, 0.3) is 0 Å². The first-order valence-corrected chi connectivity index (χ1v) is 10.0. The summed E-state index contributed by atoms with van der Waals surface area (Å²) >= 11 is 0. The van der Waals surface area contributed by atoms with Crippen LogP contribution >= 0.6 is 0 Å². The van der Waals surface area contributed by atoms with Crippen LogP contribution in [0.4, 0.5) is 0 Å². The fourth-order valence-corrected chi connectivity index (χ4v) is 6.78. The van der Waals surface area contributed by atoms with Crippen molar-refractivity contribution in [1.82, 2.24) is 0 Å². The Morgan fingerprint density at radius 3 is 1.21 bits per heavy atom. The Hall–Kier alpha value is 0.137. The number of hydrogen-bond acceptors (Lipinski definition) is 2. The summed E-state index contributed by atoms with van der Waals surface area (Å²) in [4.78, 5) is 0. The molecule has 0 bridgehead atoms. The van der Waals surface area contributed by atoms with Crippen LogP contribution in [0.15, 0.2) is 0 Å². The molecule has 2 nitrogen and oxygen atoms in total. The maximum Gasteiger partial charge on any atom is 0.344 e. The second-order valence-electron chi connectivity index (χ2n) is 6.75. The minimum atomic E-state index is -2.13. The number of rotatable bonds is 10. The van der Waals surface area contributed by atoms with Gasteiger partial charge in [0.1, 0.15) is 0 Å². The fraction of sp³-hybridized carbons (Fsp3) is 1.00. The van der Waals surface area contributed by atoms with Crippen LogP contribution < -0.4 is 0 Å². The molecule has 19 heavy (non-hydrogen) atoms. The Morgan fingerprint density at radius 1 is 0.684 bits per heavy atom. The van der Waals surface area contributed by atoms with E-state index < -0.39 is 8.56 Å². The minimum Gasteiger partial charge on any atom is -0.394 e. The van der Waals surface area contributed by atoms with E-state index in [1.807, 2.05) is 0 Å². The van der Waals surface area contributed by atoms with Crippen LogP contribution in [0.1, 0.15) is 68.2 Å². The average molecular weight is 289 g/mol. The van der Waals surface area contributed by atoms with E-state index in [0.29, 0.717) is 22.9 Å². The molecule has 0 spiro atoms. The van der Waals surface area contributed by atoms with E-state index in [-0.39, 0.29) is 0 Å². The van der Waals surface area contributed by atoms with E-state index in [4.69, 9.17) is 8.85 Å². The summed E-state index contributed by atoms with van der Waals surface area (Å²) < 4.78 is 12.9. The van der Waals surface area contributed by atoms with Crippen molar-refractivity contribution in [2.45, 2.75) is 79.3 Å². The molecule has 0 amide bonds. The molecule has 0 radical (unpaired) electrons. The van der Waals surface area contributed by atoms with Crippen molar-refractivity contribution in [1.29, 1.82) is 0 Å². The molecule has 0 N–H and O–H groups in total. The summed E-state index contributed by atoms with van der Waals surface area (Å²) in [5.41, 5.74) is 1.11. The highest BCUT2D eigenvalue weighted by Gasteiger charge is 2.47. The normalized spacial score (nSPS) is 16.1. The zero-order valence-corrected chi connectivity index (χ0v) is 15.5. The van der Waals surface area contributed by atoms with Gasteiger partial charge in [0, 0.05) is 13.2 Å². The molecule has 2 atom stereocenters. The monoisotopic (exact) mass is 288 g/mol.